The van der Waals surface area contributed by atoms with E-state index in [1.807, 2.05) is 36.4 Å². The van der Waals surface area contributed by atoms with E-state index in [0.29, 0.717) is 23.9 Å². The van der Waals surface area contributed by atoms with Crippen LogP contribution in [-0.4, -0.2) is 26.4 Å². The number of fused-ring (bicyclic) bond motifs is 1. The Kier molecular flexibility index (Phi) is 6.15. The van der Waals surface area contributed by atoms with Crippen molar-refractivity contribution < 1.29 is 8.42 Å². The van der Waals surface area contributed by atoms with Crippen molar-refractivity contribution in [1.29, 1.82) is 0 Å². The molecule has 3 rings (SSSR count). The van der Waals surface area contributed by atoms with Gasteiger partial charge in [-0.25, -0.2) is 13.1 Å². The van der Waals surface area contributed by atoms with Crippen molar-refractivity contribution in [3.05, 3.63) is 75.7 Å². The van der Waals surface area contributed by atoms with Crippen LogP contribution in [0.15, 0.2) is 53.4 Å². The minimum absolute atomic E-state index is 0.309. The maximum Gasteiger partial charge on any atom is 0.237 e. The molecule has 0 unspecified atom stereocenters. The summed E-state index contributed by atoms with van der Waals surface area (Å²) in [4.78, 5) is 2.71. The van der Waals surface area contributed by atoms with Gasteiger partial charge in [0.05, 0.1) is 4.91 Å². The van der Waals surface area contributed by atoms with Crippen LogP contribution in [0.2, 0.25) is 0 Å². The van der Waals surface area contributed by atoms with Crippen LogP contribution in [0.5, 0.6) is 0 Å². The molecule has 1 aliphatic rings. The maximum absolute atomic E-state index is 12.8. The van der Waals surface area contributed by atoms with Crippen LogP contribution in [0.1, 0.15) is 42.5 Å². The molecule has 0 bridgehead atoms. The van der Waals surface area contributed by atoms with Gasteiger partial charge in [0.15, 0.2) is 0 Å². The Balaban J connectivity index is 1.74. The number of sulfonamides is 1. The number of rotatable bonds is 7. The molecule has 0 saturated carbocycles. The second-order valence-corrected chi connectivity index (χ2v) is 9.23. The molecule has 1 aliphatic carbocycles. The van der Waals surface area contributed by atoms with Crippen LogP contribution in [0.25, 0.3) is 6.08 Å². The zero-order valence-corrected chi connectivity index (χ0v) is 17.1. The van der Waals surface area contributed by atoms with Gasteiger partial charge in [-0.2, -0.15) is 0 Å². The Morgan fingerprint density at radius 2 is 1.67 bits per heavy atom. The van der Waals surface area contributed by atoms with Gasteiger partial charge in [0.2, 0.25) is 10.0 Å². The number of nitrogens with zero attached hydrogens (tertiary/aromatic N) is 1. The van der Waals surface area contributed by atoms with Gasteiger partial charge in [-0.3, -0.25) is 4.90 Å². The quantitative estimate of drug-likeness (QED) is 0.787. The molecule has 144 valence electrons. The van der Waals surface area contributed by atoms with Crippen molar-refractivity contribution in [3.8, 4) is 0 Å². The standard InChI is InChI=1S/C22H28N2O2S/c1-17(2)24(3)16-21-11-7-6-10-20(21)15-23-27(25,26)22-13-12-18-8-4-5-9-19(18)14-22/h4-11,14,17,23H,12-13,15-16H2,1-3H3. The van der Waals surface area contributed by atoms with Crippen LogP contribution in [0.3, 0.4) is 0 Å². The largest absolute Gasteiger partial charge is 0.300 e. The highest BCUT2D eigenvalue weighted by Crippen LogP contribution is 2.26. The lowest BCUT2D eigenvalue weighted by atomic mass is 9.98. The minimum Gasteiger partial charge on any atom is -0.300 e. The normalized spacial score (nSPS) is 14.3. The van der Waals surface area contributed by atoms with Gasteiger partial charge >= 0.3 is 0 Å². The predicted molar refractivity (Wildman–Crippen MR) is 112 cm³/mol. The van der Waals surface area contributed by atoms with E-state index < -0.39 is 10.0 Å². The van der Waals surface area contributed by atoms with Crippen LogP contribution in [0, 0.1) is 0 Å². The Hall–Kier alpha value is -1.95. The summed E-state index contributed by atoms with van der Waals surface area (Å²) in [6, 6.07) is 16.4. The molecule has 0 fully saturated rings. The maximum atomic E-state index is 12.8. The molecule has 0 amide bonds. The summed E-state index contributed by atoms with van der Waals surface area (Å²) in [5, 5.41) is 0. The van der Waals surface area contributed by atoms with Crippen molar-refractivity contribution in [2.24, 2.45) is 0 Å². The summed E-state index contributed by atoms with van der Waals surface area (Å²) in [6.45, 7) is 5.41. The predicted octanol–water partition coefficient (Wildman–Crippen LogP) is 3.93. The third-order valence-electron chi connectivity index (χ3n) is 5.23. The highest BCUT2D eigenvalue weighted by atomic mass is 32.2. The van der Waals surface area contributed by atoms with Gasteiger partial charge in [0.25, 0.3) is 0 Å². The zero-order valence-electron chi connectivity index (χ0n) is 16.3. The summed E-state index contributed by atoms with van der Waals surface area (Å²) >= 11 is 0. The molecule has 0 aliphatic heterocycles. The van der Waals surface area contributed by atoms with Crippen molar-refractivity contribution in [1.82, 2.24) is 9.62 Å². The van der Waals surface area contributed by atoms with E-state index in [0.717, 1.165) is 29.7 Å². The molecule has 0 heterocycles. The van der Waals surface area contributed by atoms with Crippen LogP contribution in [-0.2, 0) is 29.5 Å². The number of allylic oxidation sites excluding steroid dienone is 1. The smallest absolute Gasteiger partial charge is 0.237 e. The molecule has 0 saturated heterocycles. The van der Waals surface area contributed by atoms with Crippen LogP contribution >= 0.6 is 0 Å². The Morgan fingerprint density at radius 1 is 1.00 bits per heavy atom. The number of benzene rings is 2. The minimum atomic E-state index is -3.49. The molecule has 0 spiro atoms. The third kappa shape index (κ3) is 4.86. The summed E-state index contributed by atoms with van der Waals surface area (Å²) in [5.41, 5.74) is 4.38. The van der Waals surface area contributed by atoms with E-state index in [-0.39, 0.29) is 0 Å². The second-order valence-electron chi connectivity index (χ2n) is 7.41. The van der Waals surface area contributed by atoms with E-state index in [1.165, 1.54) is 5.56 Å². The van der Waals surface area contributed by atoms with E-state index in [2.05, 4.69) is 42.6 Å². The van der Waals surface area contributed by atoms with Crippen molar-refractivity contribution in [2.75, 3.05) is 7.05 Å². The lowest BCUT2D eigenvalue weighted by Gasteiger charge is -2.23. The van der Waals surface area contributed by atoms with E-state index in [9.17, 15) is 8.42 Å². The fraction of sp³-hybridized carbons (Fsp3) is 0.364. The lowest BCUT2D eigenvalue weighted by molar-refractivity contribution is 0.265. The second kappa shape index (κ2) is 8.38. The highest BCUT2D eigenvalue weighted by molar-refractivity contribution is 7.93. The summed E-state index contributed by atoms with van der Waals surface area (Å²) in [6.07, 6.45) is 3.11. The average Bonchev–Trinajstić information content (AvgIpc) is 2.67. The first-order valence-electron chi connectivity index (χ1n) is 9.42. The molecule has 0 radical (unpaired) electrons. The van der Waals surface area contributed by atoms with Gasteiger partial charge in [-0.1, -0.05) is 48.5 Å². The fourth-order valence-corrected chi connectivity index (χ4v) is 4.40. The van der Waals surface area contributed by atoms with Gasteiger partial charge < -0.3 is 0 Å². The van der Waals surface area contributed by atoms with E-state index in [4.69, 9.17) is 0 Å². The summed E-state index contributed by atoms with van der Waals surface area (Å²) in [5.74, 6) is 0. The molecule has 1 N–H and O–H groups in total. The van der Waals surface area contributed by atoms with Crippen molar-refractivity contribution >= 4 is 16.1 Å². The summed E-state index contributed by atoms with van der Waals surface area (Å²) < 4.78 is 28.4. The summed E-state index contributed by atoms with van der Waals surface area (Å²) in [7, 11) is -1.41. The van der Waals surface area contributed by atoms with Gasteiger partial charge in [0.1, 0.15) is 0 Å². The fourth-order valence-electron chi connectivity index (χ4n) is 3.22. The first kappa shape index (κ1) is 19.8. The van der Waals surface area contributed by atoms with E-state index >= 15 is 0 Å². The van der Waals surface area contributed by atoms with Gasteiger partial charge in [-0.15, -0.1) is 0 Å². The van der Waals surface area contributed by atoms with Crippen molar-refractivity contribution in [2.45, 2.75) is 45.8 Å². The van der Waals surface area contributed by atoms with Crippen molar-refractivity contribution in [3.63, 3.8) is 0 Å². The monoisotopic (exact) mass is 384 g/mol. The Bertz CT molecular complexity index is 933. The Morgan fingerprint density at radius 3 is 2.41 bits per heavy atom. The molecule has 0 aromatic heterocycles. The first-order chi connectivity index (χ1) is 12.9. The Labute approximate surface area is 163 Å². The molecule has 5 heteroatoms. The number of nitrogens with one attached hydrogen (secondary N) is 1. The highest BCUT2D eigenvalue weighted by Gasteiger charge is 2.21. The topological polar surface area (TPSA) is 49.4 Å². The molecular weight excluding hydrogens is 356 g/mol. The number of hydrogen-bond acceptors (Lipinski definition) is 3. The molecule has 0 atom stereocenters. The van der Waals surface area contributed by atoms with Gasteiger partial charge in [-0.05, 0) is 62.1 Å². The molecule has 2 aromatic carbocycles. The SMILES string of the molecule is CC(C)N(C)Cc1ccccc1CNS(=O)(=O)C1=Cc2ccccc2CC1. The van der Waals surface area contributed by atoms with Gasteiger partial charge in [0, 0.05) is 19.1 Å². The number of aryl methyl sites for hydroxylation is 1. The average molecular weight is 385 g/mol. The molecule has 2 aromatic rings. The lowest BCUT2D eigenvalue weighted by Crippen LogP contribution is -2.28. The van der Waals surface area contributed by atoms with E-state index in [1.54, 1.807) is 6.08 Å². The third-order valence-corrected chi connectivity index (χ3v) is 6.77. The number of hydrogen-bond donors (Lipinski definition) is 1. The van der Waals surface area contributed by atoms with Crippen LogP contribution in [0.4, 0.5) is 0 Å². The zero-order chi connectivity index (χ0) is 19.4. The first-order valence-corrected chi connectivity index (χ1v) is 10.9. The van der Waals surface area contributed by atoms with Crippen LogP contribution < -0.4 is 4.72 Å². The molecule has 4 nitrogen and oxygen atoms in total. The molecule has 27 heavy (non-hydrogen) atoms. The molecular formula is C22H28N2O2S.